The average Bonchev–Trinajstić information content (AvgIpc) is 2.27. The van der Waals surface area contributed by atoms with Crippen molar-refractivity contribution in [2.75, 3.05) is 0 Å². The van der Waals surface area contributed by atoms with Crippen LogP contribution < -0.4 is 5.32 Å². The van der Waals surface area contributed by atoms with E-state index in [1.807, 2.05) is 6.92 Å². The molecule has 1 amide bonds. The van der Waals surface area contributed by atoms with Crippen LogP contribution in [-0.4, -0.2) is 5.91 Å². The van der Waals surface area contributed by atoms with Crippen LogP contribution in [0.5, 0.6) is 0 Å². The van der Waals surface area contributed by atoms with Crippen molar-refractivity contribution < 1.29 is 4.79 Å². The molecular weight excluding hydrogens is 224 g/mol. The number of benzene rings is 1. The highest BCUT2D eigenvalue weighted by Gasteiger charge is 2.30. The zero-order valence-electron chi connectivity index (χ0n) is 9.25. The SMILES string of the molecule is CCC(C#N)(NC(C)=O)c1ccc(Cl)cc1. The van der Waals surface area contributed by atoms with Crippen LogP contribution in [0.25, 0.3) is 0 Å². The quantitative estimate of drug-likeness (QED) is 0.877. The summed E-state index contributed by atoms with van der Waals surface area (Å²) in [7, 11) is 0. The fraction of sp³-hybridized carbons (Fsp3) is 0.333. The lowest BCUT2D eigenvalue weighted by atomic mass is 9.88. The lowest BCUT2D eigenvalue weighted by Crippen LogP contribution is -2.43. The van der Waals surface area contributed by atoms with Gasteiger partial charge in [-0.25, -0.2) is 0 Å². The molecule has 0 heterocycles. The van der Waals surface area contributed by atoms with E-state index in [0.29, 0.717) is 11.4 Å². The van der Waals surface area contributed by atoms with E-state index in [9.17, 15) is 10.1 Å². The molecule has 0 radical (unpaired) electrons. The molecule has 16 heavy (non-hydrogen) atoms. The maximum atomic E-state index is 11.1. The van der Waals surface area contributed by atoms with Crippen molar-refractivity contribution in [1.29, 1.82) is 5.26 Å². The van der Waals surface area contributed by atoms with E-state index >= 15 is 0 Å². The normalized spacial score (nSPS) is 13.6. The highest BCUT2D eigenvalue weighted by atomic mass is 35.5. The Morgan fingerprint density at radius 2 is 2.06 bits per heavy atom. The Hall–Kier alpha value is -1.53. The predicted molar refractivity (Wildman–Crippen MR) is 62.9 cm³/mol. The summed E-state index contributed by atoms with van der Waals surface area (Å²) in [6, 6.07) is 9.08. The van der Waals surface area contributed by atoms with E-state index < -0.39 is 5.54 Å². The van der Waals surface area contributed by atoms with Crippen LogP contribution in [0.2, 0.25) is 5.02 Å². The number of nitrogens with one attached hydrogen (secondary N) is 1. The van der Waals surface area contributed by atoms with Crippen LogP contribution in [0.15, 0.2) is 24.3 Å². The summed E-state index contributed by atoms with van der Waals surface area (Å²) in [5.74, 6) is -0.224. The number of nitrogens with zero attached hydrogens (tertiary/aromatic N) is 1. The predicted octanol–water partition coefficient (Wildman–Crippen LogP) is 2.60. The van der Waals surface area contributed by atoms with Crippen molar-refractivity contribution >= 4 is 17.5 Å². The van der Waals surface area contributed by atoms with Gasteiger partial charge in [-0.1, -0.05) is 30.7 Å². The molecule has 0 saturated heterocycles. The number of halogens is 1. The van der Waals surface area contributed by atoms with Gasteiger partial charge in [0.15, 0.2) is 5.54 Å². The van der Waals surface area contributed by atoms with Crippen molar-refractivity contribution in [1.82, 2.24) is 5.32 Å². The van der Waals surface area contributed by atoms with E-state index in [1.54, 1.807) is 24.3 Å². The minimum Gasteiger partial charge on any atom is -0.334 e. The number of hydrogen-bond acceptors (Lipinski definition) is 2. The summed E-state index contributed by atoms with van der Waals surface area (Å²) >= 11 is 5.78. The number of carbonyl (C=O) groups excluding carboxylic acids is 1. The van der Waals surface area contributed by atoms with Gasteiger partial charge >= 0.3 is 0 Å². The summed E-state index contributed by atoms with van der Waals surface area (Å²) in [4.78, 5) is 11.1. The minimum atomic E-state index is -0.962. The van der Waals surface area contributed by atoms with Gasteiger partial charge in [0.2, 0.25) is 5.91 Å². The van der Waals surface area contributed by atoms with Crippen LogP contribution >= 0.6 is 11.6 Å². The van der Waals surface area contributed by atoms with Crippen molar-refractivity contribution in [3.8, 4) is 6.07 Å². The number of carbonyl (C=O) groups is 1. The van der Waals surface area contributed by atoms with Crippen molar-refractivity contribution in [2.24, 2.45) is 0 Å². The van der Waals surface area contributed by atoms with Crippen molar-refractivity contribution in [3.63, 3.8) is 0 Å². The number of rotatable bonds is 3. The molecule has 0 aliphatic carbocycles. The molecule has 1 rings (SSSR count). The first-order valence-corrected chi connectivity index (χ1v) is 5.38. The topological polar surface area (TPSA) is 52.9 Å². The van der Waals surface area contributed by atoms with Crippen molar-refractivity contribution in [3.05, 3.63) is 34.9 Å². The van der Waals surface area contributed by atoms with Crippen LogP contribution in [0.3, 0.4) is 0 Å². The molecule has 0 saturated carbocycles. The number of nitriles is 1. The van der Waals surface area contributed by atoms with Crippen LogP contribution in [0.4, 0.5) is 0 Å². The number of hydrogen-bond donors (Lipinski definition) is 1. The minimum absolute atomic E-state index is 0.224. The Kier molecular flexibility index (Phi) is 3.92. The molecule has 0 bridgehead atoms. The Balaban J connectivity index is 3.16. The standard InChI is InChI=1S/C12H13ClN2O/c1-3-12(8-14,15-9(2)16)10-4-6-11(13)7-5-10/h4-7H,3H2,1-2H3,(H,15,16). The molecule has 0 aliphatic rings. The largest absolute Gasteiger partial charge is 0.334 e. The summed E-state index contributed by atoms with van der Waals surface area (Å²) in [6.45, 7) is 3.26. The van der Waals surface area contributed by atoms with Gasteiger partial charge in [-0.3, -0.25) is 4.79 Å². The molecule has 3 nitrogen and oxygen atoms in total. The molecule has 0 fully saturated rings. The third kappa shape index (κ3) is 2.53. The summed E-state index contributed by atoms with van der Waals surface area (Å²) in [6.07, 6.45) is 0.505. The van der Waals surface area contributed by atoms with Gasteiger partial charge in [0.1, 0.15) is 0 Å². The first-order valence-electron chi connectivity index (χ1n) is 5.00. The summed E-state index contributed by atoms with van der Waals surface area (Å²) in [5.41, 5.74) is -0.215. The fourth-order valence-electron chi connectivity index (χ4n) is 1.57. The molecule has 84 valence electrons. The monoisotopic (exact) mass is 236 g/mol. The van der Waals surface area contributed by atoms with E-state index in [-0.39, 0.29) is 5.91 Å². The van der Waals surface area contributed by atoms with Gasteiger partial charge in [-0.15, -0.1) is 0 Å². The molecule has 1 aromatic rings. The molecule has 0 aliphatic heterocycles. The van der Waals surface area contributed by atoms with Crippen LogP contribution in [0, 0.1) is 11.3 Å². The Labute approximate surface area is 100 Å². The highest BCUT2D eigenvalue weighted by molar-refractivity contribution is 6.30. The smallest absolute Gasteiger partial charge is 0.218 e. The molecule has 1 atom stereocenters. The van der Waals surface area contributed by atoms with Crippen LogP contribution in [0.1, 0.15) is 25.8 Å². The first kappa shape index (κ1) is 12.5. The summed E-state index contributed by atoms with van der Waals surface area (Å²) in [5, 5.41) is 12.5. The zero-order chi connectivity index (χ0) is 12.2. The fourth-order valence-corrected chi connectivity index (χ4v) is 1.70. The maximum absolute atomic E-state index is 11.1. The van der Waals surface area contributed by atoms with E-state index in [1.165, 1.54) is 6.92 Å². The van der Waals surface area contributed by atoms with Gasteiger partial charge in [0.25, 0.3) is 0 Å². The molecule has 0 spiro atoms. The second kappa shape index (κ2) is 5.00. The zero-order valence-corrected chi connectivity index (χ0v) is 10.0. The third-order valence-electron chi connectivity index (χ3n) is 2.45. The van der Waals surface area contributed by atoms with E-state index in [0.717, 1.165) is 5.56 Å². The lowest BCUT2D eigenvalue weighted by Gasteiger charge is -2.26. The molecule has 1 aromatic carbocycles. The Morgan fingerprint density at radius 3 is 2.44 bits per heavy atom. The third-order valence-corrected chi connectivity index (χ3v) is 2.70. The first-order chi connectivity index (χ1) is 7.54. The molecule has 0 aromatic heterocycles. The maximum Gasteiger partial charge on any atom is 0.218 e. The Bertz CT molecular complexity index is 422. The number of amides is 1. The highest BCUT2D eigenvalue weighted by Crippen LogP contribution is 2.25. The van der Waals surface area contributed by atoms with Gasteiger partial charge in [0, 0.05) is 11.9 Å². The van der Waals surface area contributed by atoms with Gasteiger partial charge in [-0.2, -0.15) is 5.26 Å². The van der Waals surface area contributed by atoms with Gasteiger partial charge in [0.05, 0.1) is 6.07 Å². The van der Waals surface area contributed by atoms with E-state index in [2.05, 4.69) is 11.4 Å². The summed E-state index contributed by atoms with van der Waals surface area (Å²) < 4.78 is 0. The van der Waals surface area contributed by atoms with Crippen molar-refractivity contribution in [2.45, 2.75) is 25.8 Å². The molecule has 4 heteroatoms. The van der Waals surface area contributed by atoms with Gasteiger partial charge < -0.3 is 5.32 Å². The van der Waals surface area contributed by atoms with Gasteiger partial charge in [-0.05, 0) is 24.1 Å². The second-order valence-electron chi connectivity index (χ2n) is 3.56. The lowest BCUT2D eigenvalue weighted by molar-refractivity contribution is -0.120. The second-order valence-corrected chi connectivity index (χ2v) is 4.00. The Morgan fingerprint density at radius 1 is 1.50 bits per heavy atom. The molecular formula is C12H13ClN2O. The van der Waals surface area contributed by atoms with E-state index in [4.69, 9.17) is 11.6 Å². The van der Waals surface area contributed by atoms with Crippen LogP contribution in [-0.2, 0) is 10.3 Å². The molecule has 1 N–H and O–H groups in total. The average molecular weight is 237 g/mol. The molecule has 1 unspecified atom stereocenters.